The molecule has 0 aliphatic heterocycles. The lowest BCUT2D eigenvalue weighted by atomic mass is 9.49. The van der Waals surface area contributed by atoms with Crippen molar-refractivity contribution in [1.82, 2.24) is 0 Å². The van der Waals surface area contributed by atoms with Crippen molar-refractivity contribution in [2.24, 2.45) is 11.3 Å². The molecule has 1 unspecified atom stereocenters. The highest BCUT2D eigenvalue weighted by atomic mass is 16.5. The third-order valence-corrected chi connectivity index (χ3v) is 6.94. The Kier molecular flexibility index (Phi) is 4.53. The number of esters is 1. The molecule has 0 N–H and O–H groups in total. The van der Waals surface area contributed by atoms with Crippen LogP contribution in [0.4, 0.5) is 0 Å². The molecule has 1 fully saturated rings. The summed E-state index contributed by atoms with van der Waals surface area (Å²) >= 11 is 0. The fourth-order valence-electron chi connectivity index (χ4n) is 5.62. The molecule has 2 nitrogen and oxygen atoms in total. The van der Waals surface area contributed by atoms with E-state index in [0.29, 0.717) is 18.3 Å². The number of carbonyl (C=O) groups is 1. The van der Waals surface area contributed by atoms with Crippen molar-refractivity contribution in [3.05, 3.63) is 34.9 Å². The zero-order valence-corrected chi connectivity index (χ0v) is 15.9. The lowest BCUT2D eigenvalue weighted by Gasteiger charge is -2.55. The highest BCUT2D eigenvalue weighted by molar-refractivity contribution is 5.70. The number of hydrogen-bond acceptors (Lipinski definition) is 2. The second-order valence-electron chi connectivity index (χ2n) is 8.84. The third kappa shape index (κ3) is 2.78. The predicted octanol–water partition coefficient (Wildman–Crippen LogP) is 5.38. The number of carbonyl (C=O) groups excluding carboxylic acids is 1. The summed E-state index contributed by atoms with van der Waals surface area (Å²) in [4.78, 5) is 12.0. The van der Waals surface area contributed by atoms with Crippen molar-refractivity contribution >= 4 is 5.97 Å². The summed E-state index contributed by atoms with van der Waals surface area (Å²) in [7, 11) is 1.51. The van der Waals surface area contributed by atoms with Crippen LogP contribution in [-0.4, -0.2) is 13.1 Å². The molecule has 132 valence electrons. The van der Waals surface area contributed by atoms with E-state index >= 15 is 0 Å². The molecular formula is C22H32O2. The van der Waals surface area contributed by atoms with Crippen molar-refractivity contribution in [3.63, 3.8) is 0 Å². The first-order valence-electron chi connectivity index (χ1n) is 9.50. The number of rotatable bonds is 3. The van der Waals surface area contributed by atoms with Crippen molar-refractivity contribution in [1.29, 1.82) is 0 Å². The van der Waals surface area contributed by atoms with Gasteiger partial charge in [0.25, 0.3) is 0 Å². The van der Waals surface area contributed by atoms with Crippen LogP contribution < -0.4 is 0 Å². The topological polar surface area (TPSA) is 26.3 Å². The van der Waals surface area contributed by atoms with E-state index < -0.39 is 0 Å². The molecule has 2 aliphatic carbocycles. The molecule has 0 saturated heterocycles. The van der Waals surface area contributed by atoms with Gasteiger partial charge < -0.3 is 4.74 Å². The molecule has 0 amide bonds. The number of benzene rings is 1. The molecule has 3 rings (SSSR count). The average molecular weight is 328 g/mol. The zero-order valence-electron chi connectivity index (χ0n) is 15.9. The Hall–Kier alpha value is -1.31. The second-order valence-corrected chi connectivity index (χ2v) is 8.84. The van der Waals surface area contributed by atoms with E-state index in [-0.39, 0.29) is 16.8 Å². The van der Waals surface area contributed by atoms with Gasteiger partial charge in [-0.05, 0) is 65.0 Å². The smallest absolute Gasteiger partial charge is 0.306 e. The second kappa shape index (κ2) is 6.20. The largest absolute Gasteiger partial charge is 0.469 e. The first-order valence-corrected chi connectivity index (χ1v) is 9.50. The maximum absolute atomic E-state index is 12.0. The molecule has 0 radical (unpaired) electrons. The van der Waals surface area contributed by atoms with Crippen LogP contribution in [0.25, 0.3) is 0 Å². The molecule has 0 aromatic heterocycles. The van der Waals surface area contributed by atoms with E-state index in [1.807, 2.05) is 0 Å². The molecule has 3 atom stereocenters. The molecule has 24 heavy (non-hydrogen) atoms. The number of fused-ring (bicyclic) bond motifs is 3. The SMILES string of the molecule is COC(=O)C[C@@]1(C)CCC[C@]2(C)c3ccc(C(C)C)cc3CCC12. The Morgan fingerprint density at radius 2 is 2.04 bits per heavy atom. The maximum Gasteiger partial charge on any atom is 0.306 e. The molecular weight excluding hydrogens is 296 g/mol. The van der Waals surface area contributed by atoms with Gasteiger partial charge >= 0.3 is 5.97 Å². The van der Waals surface area contributed by atoms with Crippen LogP contribution in [0.5, 0.6) is 0 Å². The lowest BCUT2D eigenvalue weighted by Crippen LogP contribution is -2.49. The number of aryl methyl sites for hydroxylation is 1. The fourth-order valence-corrected chi connectivity index (χ4v) is 5.62. The van der Waals surface area contributed by atoms with Gasteiger partial charge in [-0.15, -0.1) is 0 Å². The number of ether oxygens (including phenoxy) is 1. The lowest BCUT2D eigenvalue weighted by molar-refractivity contribution is -0.146. The van der Waals surface area contributed by atoms with Crippen molar-refractivity contribution < 1.29 is 9.53 Å². The highest BCUT2D eigenvalue weighted by Gasteiger charge is 2.52. The van der Waals surface area contributed by atoms with Crippen molar-refractivity contribution in [3.8, 4) is 0 Å². The summed E-state index contributed by atoms with van der Waals surface area (Å²) in [5.74, 6) is 1.09. The minimum atomic E-state index is -0.0531. The van der Waals surface area contributed by atoms with Crippen LogP contribution in [0, 0.1) is 11.3 Å². The Balaban J connectivity index is 1.98. The molecule has 0 spiro atoms. The highest BCUT2D eigenvalue weighted by Crippen LogP contribution is 2.58. The van der Waals surface area contributed by atoms with E-state index in [0.717, 1.165) is 12.8 Å². The van der Waals surface area contributed by atoms with Gasteiger partial charge in [0.05, 0.1) is 13.5 Å². The number of hydrogen-bond donors (Lipinski definition) is 0. The first-order chi connectivity index (χ1) is 11.3. The Morgan fingerprint density at radius 1 is 1.29 bits per heavy atom. The maximum atomic E-state index is 12.0. The van der Waals surface area contributed by atoms with Crippen molar-refractivity contribution in [2.75, 3.05) is 7.11 Å². The van der Waals surface area contributed by atoms with Crippen LogP contribution in [0.3, 0.4) is 0 Å². The first kappa shape index (κ1) is 17.5. The van der Waals surface area contributed by atoms with Crippen LogP contribution >= 0.6 is 0 Å². The van der Waals surface area contributed by atoms with Crippen molar-refractivity contribution in [2.45, 2.75) is 77.6 Å². The van der Waals surface area contributed by atoms with E-state index in [4.69, 9.17) is 4.74 Å². The minimum Gasteiger partial charge on any atom is -0.469 e. The average Bonchev–Trinajstić information content (AvgIpc) is 2.53. The molecule has 0 bridgehead atoms. The molecule has 2 heteroatoms. The minimum absolute atomic E-state index is 0.0531. The standard InChI is InChI=1S/C22H32O2/c1-15(2)16-7-9-18-17(13-16)8-10-19-21(3,14-20(23)24-5)11-6-12-22(18,19)4/h7,9,13,15,19H,6,8,10-12,14H2,1-5H3/t19?,21-,22-/m1/s1. The van der Waals surface area contributed by atoms with Crippen LogP contribution in [0.15, 0.2) is 18.2 Å². The molecule has 1 saturated carbocycles. The van der Waals surface area contributed by atoms with Gasteiger partial charge in [-0.2, -0.15) is 0 Å². The van der Waals surface area contributed by atoms with E-state index in [9.17, 15) is 4.79 Å². The third-order valence-electron chi connectivity index (χ3n) is 6.94. The van der Waals surface area contributed by atoms with Crippen LogP contribution in [0.2, 0.25) is 0 Å². The normalized spacial score (nSPS) is 32.2. The van der Waals surface area contributed by atoms with Crippen LogP contribution in [-0.2, 0) is 21.4 Å². The van der Waals surface area contributed by atoms with E-state index in [2.05, 4.69) is 45.9 Å². The quantitative estimate of drug-likeness (QED) is 0.696. The van der Waals surface area contributed by atoms with Gasteiger partial charge in [-0.1, -0.05) is 52.3 Å². The molecule has 0 heterocycles. The van der Waals surface area contributed by atoms with Gasteiger partial charge in [0.1, 0.15) is 0 Å². The van der Waals surface area contributed by atoms with Gasteiger partial charge in [-0.25, -0.2) is 0 Å². The summed E-state index contributed by atoms with van der Waals surface area (Å²) in [6.45, 7) is 9.30. The Morgan fingerprint density at radius 3 is 2.71 bits per heavy atom. The monoisotopic (exact) mass is 328 g/mol. The summed E-state index contributed by atoms with van der Waals surface area (Å²) in [5, 5.41) is 0. The summed E-state index contributed by atoms with van der Waals surface area (Å²) in [6.07, 6.45) is 6.48. The zero-order chi connectivity index (χ0) is 17.5. The summed E-state index contributed by atoms with van der Waals surface area (Å²) < 4.78 is 5.00. The van der Waals surface area contributed by atoms with Gasteiger partial charge in [-0.3, -0.25) is 4.79 Å². The van der Waals surface area contributed by atoms with Gasteiger partial charge in [0.15, 0.2) is 0 Å². The predicted molar refractivity (Wildman–Crippen MR) is 98.3 cm³/mol. The Labute approximate surface area is 147 Å². The van der Waals surface area contributed by atoms with Gasteiger partial charge in [0.2, 0.25) is 0 Å². The molecule has 1 aromatic carbocycles. The van der Waals surface area contributed by atoms with E-state index in [1.54, 1.807) is 11.1 Å². The van der Waals surface area contributed by atoms with E-state index in [1.165, 1.54) is 31.9 Å². The summed E-state index contributed by atoms with van der Waals surface area (Å²) in [5.41, 5.74) is 4.80. The Bertz CT molecular complexity index is 633. The number of methoxy groups -OCH3 is 1. The summed E-state index contributed by atoms with van der Waals surface area (Å²) in [6, 6.07) is 7.15. The van der Waals surface area contributed by atoms with Crippen LogP contribution in [0.1, 0.15) is 82.4 Å². The molecule has 1 aromatic rings. The fraction of sp³-hybridized carbons (Fsp3) is 0.682. The molecule has 2 aliphatic rings. The van der Waals surface area contributed by atoms with Gasteiger partial charge in [0, 0.05) is 0 Å².